The Morgan fingerprint density at radius 2 is 1.06 bits per heavy atom. The molecule has 0 aliphatic carbocycles. The van der Waals surface area contributed by atoms with Gasteiger partial charge in [-0.05, 0) is 182 Å². The Hall–Kier alpha value is -3.36. The van der Waals surface area contributed by atoms with Crippen LogP contribution in [0.5, 0.6) is 0 Å². The van der Waals surface area contributed by atoms with E-state index in [-0.39, 0.29) is 26.5 Å². The number of amides is 1. The summed E-state index contributed by atoms with van der Waals surface area (Å²) >= 11 is 27.4. The highest BCUT2D eigenvalue weighted by Gasteiger charge is 2.19. The number of nitrogens with zero attached hydrogens (tertiary/aromatic N) is 2. The number of likely N-dealkylation sites (tertiary alicyclic amines) is 2. The van der Waals surface area contributed by atoms with Gasteiger partial charge in [0.05, 0.1) is 0 Å². The van der Waals surface area contributed by atoms with Gasteiger partial charge in [-0.25, -0.2) is 4.79 Å². The smallest absolute Gasteiger partial charge is 0.352 e. The number of rotatable bonds is 11. The summed E-state index contributed by atoms with van der Waals surface area (Å²) in [6, 6.07) is 26.0. The number of hydrogen-bond donors (Lipinski definition) is 5. The van der Waals surface area contributed by atoms with Gasteiger partial charge in [0.25, 0.3) is 5.91 Å². The highest BCUT2D eigenvalue weighted by Crippen LogP contribution is 2.38. The Morgan fingerprint density at radius 3 is 1.49 bits per heavy atom. The van der Waals surface area contributed by atoms with Crippen LogP contribution in [0.1, 0.15) is 74.4 Å². The zero-order valence-electron chi connectivity index (χ0n) is 34.3. The van der Waals surface area contributed by atoms with Crippen LogP contribution < -0.4 is 11.1 Å². The summed E-state index contributed by atoms with van der Waals surface area (Å²) in [5, 5.41) is 16.5. The van der Waals surface area contributed by atoms with Crippen LogP contribution in [0.2, 0.25) is 20.1 Å². The molecule has 340 valence electrons. The van der Waals surface area contributed by atoms with E-state index in [0.29, 0.717) is 43.8 Å². The highest BCUT2D eigenvalue weighted by molar-refractivity contribution is 7.99. The number of aromatic carboxylic acids is 1. The van der Waals surface area contributed by atoms with Gasteiger partial charge in [0.2, 0.25) is 0 Å². The molecule has 15 heteroatoms. The standard InChI is InChI=1S/C23H25Cl2N3OS.C15H9Cl2NO2S.C8H18N2.2CH4/c1-28-10-7-15(8-11-28)6-9-26-23(29)21-14-19-20(27-21)12-17(25)13-22(19)30-18-4-2-16(24)3-5-18;16-8-1-3-10(4-2-8)21-14-6-9(17)5-12-11(14)7-13(18-12)15(19)20;1-10-6-3-8(2-5-9)4-7-10;;/h2-5,12-15,27H,6-11H2,1H3,(H,26,29);1-7,18H,(H,19,20);8H,2-7,9H2,1H3;2*1H4. The summed E-state index contributed by atoms with van der Waals surface area (Å²) in [4.78, 5) is 38.6. The molecule has 9 nitrogen and oxygen atoms in total. The summed E-state index contributed by atoms with van der Waals surface area (Å²) in [5.74, 6) is 0.550. The number of aromatic amines is 2. The summed E-state index contributed by atoms with van der Waals surface area (Å²) in [7, 11) is 4.36. The van der Waals surface area contributed by atoms with Crippen LogP contribution >= 0.6 is 69.9 Å². The summed E-state index contributed by atoms with van der Waals surface area (Å²) < 4.78 is 0. The number of carboxylic acids is 1. The molecule has 0 radical (unpaired) electrons. The van der Waals surface area contributed by atoms with Crippen molar-refractivity contribution in [2.75, 3.05) is 53.4 Å². The second kappa shape index (κ2) is 25.4. The van der Waals surface area contributed by atoms with Gasteiger partial charge in [-0.3, -0.25) is 4.79 Å². The number of nitrogens with two attached hydrogens (primary N) is 1. The molecule has 2 aliphatic heterocycles. The monoisotopic (exact) mass is 972 g/mol. The first kappa shape index (κ1) is 52.3. The van der Waals surface area contributed by atoms with Gasteiger partial charge in [-0.15, -0.1) is 0 Å². The average Bonchev–Trinajstić information content (AvgIpc) is 3.87. The van der Waals surface area contributed by atoms with Gasteiger partial charge in [0, 0.05) is 68.0 Å². The molecule has 0 spiro atoms. The van der Waals surface area contributed by atoms with Crippen molar-refractivity contribution in [2.24, 2.45) is 17.6 Å². The molecule has 0 bridgehead atoms. The number of halogens is 4. The Labute approximate surface area is 401 Å². The lowest BCUT2D eigenvalue weighted by molar-refractivity contribution is 0.0691. The van der Waals surface area contributed by atoms with E-state index in [2.05, 4.69) is 39.2 Å². The lowest BCUT2D eigenvalue weighted by atomic mass is 9.94. The Kier molecular flexibility index (Phi) is 21.0. The number of aromatic nitrogens is 2. The Bertz CT molecular complexity index is 2380. The van der Waals surface area contributed by atoms with Crippen molar-refractivity contribution in [3.05, 3.63) is 116 Å². The minimum Gasteiger partial charge on any atom is -0.477 e. The number of hydrogen-bond acceptors (Lipinski definition) is 7. The molecule has 63 heavy (non-hydrogen) atoms. The maximum Gasteiger partial charge on any atom is 0.352 e. The lowest BCUT2D eigenvalue weighted by Crippen LogP contribution is -2.32. The second-order valence-corrected chi connectivity index (χ2v) is 19.6. The first-order valence-electron chi connectivity index (χ1n) is 20.4. The largest absolute Gasteiger partial charge is 0.477 e. The molecule has 6 aromatic rings. The van der Waals surface area contributed by atoms with Crippen LogP contribution in [0.15, 0.2) is 105 Å². The van der Waals surface area contributed by atoms with Crippen LogP contribution in [0.25, 0.3) is 21.8 Å². The molecular weight excluding hydrogens is 915 g/mol. The van der Waals surface area contributed by atoms with E-state index in [1.807, 2.05) is 72.8 Å². The van der Waals surface area contributed by atoms with Crippen LogP contribution in [-0.4, -0.2) is 90.1 Å². The zero-order valence-corrected chi connectivity index (χ0v) is 38.9. The number of H-pyrrole nitrogens is 2. The normalized spacial score (nSPS) is 14.8. The number of benzene rings is 4. The van der Waals surface area contributed by atoms with Crippen molar-refractivity contribution in [1.29, 1.82) is 0 Å². The van der Waals surface area contributed by atoms with E-state index in [1.54, 1.807) is 23.9 Å². The van der Waals surface area contributed by atoms with E-state index in [9.17, 15) is 9.59 Å². The third-order valence-corrected chi connectivity index (χ3v) is 14.0. The van der Waals surface area contributed by atoms with Gasteiger partial charge < -0.3 is 35.9 Å². The van der Waals surface area contributed by atoms with Gasteiger partial charge in [0.1, 0.15) is 11.4 Å². The van der Waals surface area contributed by atoms with Gasteiger partial charge in [-0.1, -0.05) is 84.8 Å². The molecule has 0 atom stereocenters. The van der Waals surface area contributed by atoms with E-state index in [0.717, 1.165) is 67.8 Å². The van der Waals surface area contributed by atoms with E-state index in [4.69, 9.17) is 57.2 Å². The van der Waals surface area contributed by atoms with Gasteiger partial charge >= 0.3 is 5.97 Å². The van der Waals surface area contributed by atoms with E-state index < -0.39 is 5.97 Å². The summed E-state index contributed by atoms with van der Waals surface area (Å²) in [5.41, 5.74) is 7.75. The van der Waals surface area contributed by atoms with Gasteiger partial charge in [-0.2, -0.15) is 0 Å². The third-order valence-electron chi connectivity index (χ3n) is 11.0. The summed E-state index contributed by atoms with van der Waals surface area (Å²) in [6.07, 6.45) is 7.39. The van der Waals surface area contributed by atoms with Crippen molar-refractivity contribution in [3.63, 3.8) is 0 Å². The zero-order chi connectivity index (χ0) is 43.5. The number of carboxylic acid groups (broad SMARTS) is 1. The fourth-order valence-electron chi connectivity index (χ4n) is 7.43. The summed E-state index contributed by atoms with van der Waals surface area (Å²) in [6.45, 7) is 6.41. The quantitative estimate of drug-likeness (QED) is 0.0868. The fraction of sp³-hybridized carbons (Fsp3) is 0.375. The number of piperidine rings is 2. The molecule has 6 N–H and O–H groups in total. The van der Waals surface area contributed by atoms with Crippen molar-refractivity contribution in [3.8, 4) is 0 Å². The predicted molar refractivity (Wildman–Crippen MR) is 269 cm³/mol. The van der Waals surface area contributed by atoms with E-state index in [1.165, 1.54) is 57.0 Å². The maximum absolute atomic E-state index is 12.7. The van der Waals surface area contributed by atoms with Crippen LogP contribution in [0, 0.1) is 11.8 Å². The van der Waals surface area contributed by atoms with Crippen LogP contribution in [0.3, 0.4) is 0 Å². The molecule has 2 saturated heterocycles. The van der Waals surface area contributed by atoms with Crippen molar-refractivity contribution < 1.29 is 14.7 Å². The third kappa shape index (κ3) is 15.6. The molecule has 2 fully saturated rings. The fourth-order valence-corrected chi connectivity index (χ4v) is 10.2. The van der Waals surface area contributed by atoms with Crippen molar-refractivity contribution in [1.82, 2.24) is 25.1 Å². The Balaban J connectivity index is 0.000000229. The molecule has 2 aromatic heterocycles. The molecular formula is C48H60Cl4N6O3S2. The minimum atomic E-state index is -0.996. The average molecular weight is 975 g/mol. The van der Waals surface area contributed by atoms with Crippen molar-refractivity contribution in [2.45, 2.75) is 73.0 Å². The maximum atomic E-state index is 12.7. The molecule has 8 rings (SSSR count). The van der Waals surface area contributed by atoms with E-state index >= 15 is 0 Å². The van der Waals surface area contributed by atoms with Crippen LogP contribution in [-0.2, 0) is 0 Å². The van der Waals surface area contributed by atoms with Crippen LogP contribution in [0.4, 0.5) is 0 Å². The van der Waals surface area contributed by atoms with Gasteiger partial charge in [0.15, 0.2) is 0 Å². The molecule has 2 aliphatic rings. The molecule has 4 aromatic carbocycles. The molecule has 4 heterocycles. The highest BCUT2D eigenvalue weighted by atomic mass is 35.5. The molecule has 0 saturated carbocycles. The number of fused-ring (bicyclic) bond motifs is 2. The number of carbonyl (C=O) groups excluding carboxylic acids is 1. The lowest BCUT2D eigenvalue weighted by Gasteiger charge is -2.28. The minimum absolute atomic E-state index is 0. The first-order valence-corrected chi connectivity index (χ1v) is 23.6. The number of carbonyl (C=O) groups is 2. The SMILES string of the molecule is C.C.CN1CCC(CCN)CC1.CN1CCC(CCNC(=O)c2cc3c(Sc4ccc(Cl)cc4)cc(Cl)cc3[nH]2)CC1.O=C(O)c1cc2c(Sc3ccc(Cl)cc3)cc(Cl)cc2[nH]1. The number of nitrogens with one attached hydrogen (secondary N) is 3. The first-order chi connectivity index (χ1) is 29.3. The molecule has 1 amide bonds. The second-order valence-electron chi connectivity index (χ2n) is 15.6. The molecule has 0 unspecified atom stereocenters. The Morgan fingerprint density at radius 1 is 0.651 bits per heavy atom. The predicted octanol–water partition coefficient (Wildman–Crippen LogP) is 13.4. The topological polar surface area (TPSA) is 130 Å². The van der Waals surface area contributed by atoms with Crippen molar-refractivity contribution >= 4 is 104 Å².